The van der Waals surface area contributed by atoms with E-state index in [0.717, 1.165) is 13.0 Å². The van der Waals surface area contributed by atoms with Gasteiger partial charge in [0, 0.05) is 12.1 Å². The molecule has 0 bridgehead atoms. The number of hydrogen-bond acceptors (Lipinski definition) is 3. The molecule has 0 aromatic heterocycles. The van der Waals surface area contributed by atoms with Crippen molar-refractivity contribution in [2.75, 3.05) is 12.3 Å². The van der Waals surface area contributed by atoms with E-state index in [1.54, 1.807) is 0 Å². The van der Waals surface area contributed by atoms with Crippen LogP contribution in [0.1, 0.15) is 39.5 Å². The second kappa shape index (κ2) is 4.27. The van der Waals surface area contributed by atoms with Crippen LogP contribution in [0.5, 0.6) is 0 Å². The Morgan fingerprint density at radius 3 is 2.44 bits per heavy atom. The Morgan fingerprint density at radius 1 is 1.31 bits per heavy atom. The van der Waals surface area contributed by atoms with E-state index in [2.05, 4.69) is 23.9 Å². The summed E-state index contributed by atoms with van der Waals surface area (Å²) in [5, 5.41) is 3.32. The van der Waals surface area contributed by atoms with E-state index in [1.165, 1.54) is 12.8 Å². The topological polar surface area (TPSA) is 58.2 Å². The Bertz CT molecular complexity index is 347. The first-order chi connectivity index (χ1) is 7.39. The van der Waals surface area contributed by atoms with Crippen molar-refractivity contribution in [3.05, 3.63) is 0 Å². The Morgan fingerprint density at radius 2 is 1.94 bits per heavy atom. The van der Waals surface area contributed by atoms with Gasteiger partial charge in [0.05, 0.1) is 5.75 Å². The van der Waals surface area contributed by atoms with Gasteiger partial charge >= 0.3 is 0 Å². The molecular weight excluding hydrogens is 224 g/mol. The minimum absolute atomic E-state index is 0.161. The fourth-order valence-corrected chi connectivity index (χ4v) is 3.28. The van der Waals surface area contributed by atoms with Gasteiger partial charge in [-0.2, -0.15) is 0 Å². The zero-order chi connectivity index (χ0) is 11.8. The molecule has 0 radical (unpaired) electrons. The first-order valence-electron chi connectivity index (χ1n) is 6.12. The summed E-state index contributed by atoms with van der Waals surface area (Å²) >= 11 is 0. The molecule has 2 N–H and O–H groups in total. The first kappa shape index (κ1) is 12.3. The van der Waals surface area contributed by atoms with E-state index in [0.29, 0.717) is 12.5 Å². The average molecular weight is 246 g/mol. The molecule has 4 nitrogen and oxygen atoms in total. The van der Waals surface area contributed by atoms with E-state index in [1.807, 2.05) is 0 Å². The van der Waals surface area contributed by atoms with E-state index in [-0.39, 0.29) is 17.2 Å². The molecule has 0 saturated heterocycles. The smallest absolute Gasteiger partial charge is 0.211 e. The maximum atomic E-state index is 11.7. The van der Waals surface area contributed by atoms with Crippen molar-refractivity contribution in [2.24, 2.45) is 5.41 Å². The molecule has 0 amide bonds. The van der Waals surface area contributed by atoms with Gasteiger partial charge in [-0.15, -0.1) is 0 Å². The lowest BCUT2D eigenvalue weighted by Crippen LogP contribution is -2.32. The highest BCUT2D eigenvalue weighted by molar-refractivity contribution is 7.89. The summed E-state index contributed by atoms with van der Waals surface area (Å²) in [6, 6.07) is 0.826. The maximum absolute atomic E-state index is 11.7. The maximum Gasteiger partial charge on any atom is 0.211 e. The second-order valence-corrected chi connectivity index (χ2v) is 7.64. The van der Waals surface area contributed by atoms with Crippen molar-refractivity contribution in [1.82, 2.24) is 10.0 Å². The third kappa shape index (κ3) is 3.71. The molecule has 0 aromatic rings. The van der Waals surface area contributed by atoms with E-state index in [9.17, 15) is 8.42 Å². The molecular formula is C11H22N2O2S. The summed E-state index contributed by atoms with van der Waals surface area (Å²) < 4.78 is 26.1. The molecule has 16 heavy (non-hydrogen) atoms. The highest BCUT2D eigenvalue weighted by Gasteiger charge is 2.47. The lowest BCUT2D eigenvalue weighted by molar-refractivity contribution is 0.551. The van der Waals surface area contributed by atoms with Crippen LogP contribution < -0.4 is 10.0 Å². The molecule has 2 rings (SSSR count). The van der Waals surface area contributed by atoms with E-state index >= 15 is 0 Å². The number of hydrogen-bond donors (Lipinski definition) is 2. The van der Waals surface area contributed by atoms with Gasteiger partial charge in [0.1, 0.15) is 0 Å². The zero-order valence-corrected chi connectivity index (χ0v) is 10.9. The van der Waals surface area contributed by atoms with Crippen molar-refractivity contribution in [2.45, 2.75) is 51.6 Å². The lowest BCUT2D eigenvalue weighted by atomic mass is 10.2. The molecule has 1 unspecified atom stereocenters. The normalized spacial score (nSPS) is 28.0. The minimum atomic E-state index is -3.06. The SMILES string of the molecule is CC1(C)CC1NS(=O)(=O)CCCNC1CC1. The molecule has 1 atom stereocenters. The van der Waals surface area contributed by atoms with Crippen molar-refractivity contribution >= 4 is 10.0 Å². The summed E-state index contributed by atoms with van der Waals surface area (Å²) in [6.07, 6.45) is 4.17. The predicted molar refractivity (Wildman–Crippen MR) is 64.8 cm³/mol. The van der Waals surface area contributed by atoms with Gasteiger partial charge < -0.3 is 5.32 Å². The summed E-state index contributed by atoms with van der Waals surface area (Å²) in [4.78, 5) is 0. The van der Waals surface area contributed by atoms with Gasteiger partial charge in [0.25, 0.3) is 0 Å². The van der Waals surface area contributed by atoms with Crippen molar-refractivity contribution in [3.8, 4) is 0 Å². The zero-order valence-electron chi connectivity index (χ0n) is 10.1. The average Bonchev–Trinajstić information content (AvgIpc) is 3.01. The quantitative estimate of drug-likeness (QED) is 0.655. The lowest BCUT2D eigenvalue weighted by Gasteiger charge is -2.08. The van der Waals surface area contributed by atoms with Crippen LogP contribution in [-0.4, -0.2) is 32.8 Å². The van der Waals surface area contributed by atoms with Crippen LogP contribution in [0.15, 0.2) is 0 Å². The van der Waals surface area contributed by atoms with Crippen LogP contribution in [0.3, 0.4) is 0 Å². The highest BCUT2D eigenvalue weighted by atomic mass is 32.2. The van der Waals surface area contributed by atoms with Gasteiger partial charge in [-0.1, -0.05) is 13.8 Å². The van der Waals surface area contributed by atoms with Crippen molar-refractivity contribution < 1.29 is 8.42 Å². The van der Waals surface area contributed by atoms with Gasteiger partial charge in [-0.05, 0) is 37.6 Å². The molecule has 2 fully saturated rings. The van der Waals surface area contributed by atoms with Crippen molar-refractivity contribution in [1.29, 1.82) is 0 Å². The molecule has 0 spiro atoms. The predicted octanol–water partition coefficient (Wildman–Crippen LogP) is 0.846. The number of rotatable bonds is 7. The standard InChI is InChI=1S/C11H22N2O2S/c1-11(2)8-10(11)13-16(14,15)7-3-6-12-9-4-5-9/h9-10,12-13H,3-8H2,1-2H3. The van der Waals surface area contributed by atoms with Gasteiger partial charge in [-0.3, -0.25) is 0 Å². The molecule has 5 heteroatoms. The van der Waals surface area contributed by atoms with E-state index < -0.39 is 10.0 Å². The number of nitrogens with one attached hydrogen (secondary N) is 2. The Labute approximate surface area is 98.2 Å². The van der Waals surface area contributed by atoms with Crippen LogP contribution in [-0.2, 0) is 10.0 Å². The summed E-state index contributed by atoms with van der Waals surface area (Å²) in [5.74, 6) is 0.249. The van der Waals surface area contributed by atoms with E-state index in [4.69, 9.17) is 0 Å². The Kier molecular flexibility index (Phi) is 3.29. The molecule has 0 aliphatic heterocycles. The summed E-state index contributed by atoms with van der Waals surface area (Å²) in [6.45, 7) is 5.00. The first-order valence-corrected chi connectivity index (χ1v) is 7.78. The van der Waals surface area contributed by atoms with Crippen LogP contribution in [0.4, 0.5) is 0 Å². The Balaban J connectivity index is 1.62. The van der Waals surface area contributed by atoms with Crippen LogP contribution in [0.2, 0.25) is 0 Å². The second-order valence-electron chi connectivity index (χ2n) is 5.76. The molecule has 2 aliphatic carbocycles. The van der Waals surface area contributed by atoms with Gasteiger partial charge in [-0.25, -0.2) is 13.1 Å². The fourth-order valence-electron chi connectivity index (χ4n) is 1.80. The molecule has 2 aliphatic rings. The molecule has 0 aromatic carbocycles. The van der Waals surface area contributed by atoms with Crippen LogP contribution in [0, 0.1) is 5.41 Å². The summed E-state index contributed by atoms with van der Waals surface area (Å²) in [5.41, 5.74) is 0.166. The third-order valence-electron chi connectivity index (χ3n) is 3.44. The summed E-state index contributed by atoms with van der Waals surface area (Å²) in [7, 11) is -3.06. The number of sulfonamides is 1. The molecule has 2 saturated carbocycles. The third-order valence-corrected chi connectivity index (χ3v) is 4.91. The highest BCUT2D eigenvalue weighted by Crippen LogP contribution is 2.44. The largest absolute Gasteiger partial charge is 0.314 e. The fraction of sp³-hybridized carbons (Fsp3) is 1.00. The Hall–Kier alpha value is -0.130. The van der Waals surface area contributed by atoms with Crippen LogP contribution in [0.25, 0.3) is 0 Å². The van der Waals surface area contributed by atoms with Gasteiger partial charge in [0.15, 0.2) is 0 Å². The molecule has 94 valence electrons. The van der Waals surface area contributed by atoms with Gasteiger partial charge in [0.2, 0.25) is 10.0 Å². The monoisotopic (exact) mass is 246 g/mol. The minimum Gasteiger partial charge on any atom is -0.314 e. The van der Waals surface area contributed by atoms with Crippen molar-refractivity contribution in [3.63, 3.8) is 0 Å². The molecule has 0 heterocycles. The van der Waals surface area contributed by atoms with Crippen LogP contribution >= 0.6 is 0 Å².